The molecule has 57 heavy (non-hydrogen) atoms. The number of likely N-dealkylation sites (N-methyl/N-ethyl adjacent to an activating group) is 1. The second kappa shape index (κ2) is 40.2. The number of phosphoric acid groups is 1. The molecule has 0 rings (SSSR count). The standard InChI is InChI=1S/C47H92NO8P/c1-6-8-10-12-14-16-18-20-22-23-24-25-26-28-29-31-33-35-37-39-46(49)53-43-45(44-55-57(51,52)54-42-41-48(3,4)5)56-47(50)40-38-36-34-32-30-27-21-19-17-15-13-11-9-7-2/h20,22,45H,6-19,21,23-44H2,1-5H3/b22-20+/t45-/m0/s1. The summed E-state index contributed by atoms with van der Waals surface area (Å²) in [5.41, 5.74) is 0. The van der Waals surface area contributed by atoms with E-state index in [2.05, 4.69) is 26.0 Å². The third-order valence-electron chi connectivity index (χ3n) is 10.5. The topological polar surface area (TPSA) is 111 Å². The summed E-state index contributed by atoms with van der Waals surface area (Å²) in [5.74, 6) is -0.825. The number of allylic oxidation sites excluding steroid dienone is 2. The highest BCUT2D eigenvalue weighted by atomic mass is 31.2. The zero-order chi connectivity index (χ0) is 42.1. The molecule has 2 atom stereocenters. The summed E-state index contributed by atoms with van der Waals surface area (Å²) in [7, 11) is 1.18. The monoisotopic (exact) mass is 830 g/mol. The van der Waals surface area contributed by atoms with Gasteiger partial charge in [0.2, 0.25) is 0 Å². The Bertz CT molecular complexity index is 985. The Morgan fingerprint density at radius 2 is 0.895 bits per heavy atom. The molecule has 0 aliphatic heterocycles. The molecule has 338 valence electrons. The molecule has 10 heteroatoms. The van der Waals surface area contributed by atoms with Crippen molar-refractivity contribution in [2.24, 2.45) is 0 Å². The van der Waals surface area contributed by atoms with Crippen LogP contribution in [0.25, 0.3) is 0 Å². The highest BCUT2D eigenvalue weighted by molar-refractivity contribution is 7.45. The lowest BCUT2D eigenvalue weighted by Crippen LogP contribution is -2.37. The molecule has 0 heterocycles. The second-order valence-electron chi connectivity index (χ2n) is 17.5. The number of carbonyl (C=O) groups is 2. The average molecular weight is 830 g/mol. The smallest absolute Gasteiger partial charge is 0.306 e. The summed E-state index contributed by atoms with van der Waals surface area (Å²) in [4.78, 5) is 37.6. The van der Waals surface area contributed by atoms with Crippen LogP contribution >= 0.6 is 7.82 Å². The van der Waals surface area contributed by atoms with E-state index < -0.39 is 26.5 Å². The van der Waals surface area contributed by atoms with Gasteiger partial charge in [-0.1, -0.05) is 187 Å². The van der Waals surface area contributed by atoms with Crippen LogP contribution in [0.15, 0.2) is 12.2 Å². The van der Waals surface area contributed by atoms with Gasteiger partial charge >= 0.3 is 11.9 Å². The highest BCUT2D eigenvalue weighted by Crippen LogP contribution is 2.38. The number of quaternary nitrogens is 1. The van der Waals surface area contributed by atoms with E-state index in [0.717, 1.165) is 32.1 Å². The lowest BCUT2D eigenvalue weighted by molar-refractivity contribution is -0.870. The number of unbranched alkanes of at least 4 members (excludes halogenated alkanes) is 28. The molecule has 9 nitrogen and oxygen atoms in total. The third kappa shape index (κ3) is 44.1. The molecule has 0 aliphatic rings. The summed E-state index contributed by atoms with van der Waals surface area (Å²) in [6.45, 7) is 4.25. The van der Waals surface area contributed by atoms with Gasteiger partial charge in [0.25, 0.3) is 7.82 Å². The first kappa shape index (κ1) is 55.8. The molecule has 0 saturated heterocycles. The molecule has 1 unspecified atom stereocenters. The Morgan fingerprint density at radius 3 is 1.30 bits per heavy atom. The van der Waals surface area contributed by atoms with Gasteiger partial charge in [0.05, 0.1) is 27.7 Å². The maximum atomic E-state index is 12.7. The minimum atomic E-state index is -4.62. The number of hydrogen-bond acceptors (Lipinski definition) is 8. The number of phosphoric ester groups is 1. The van der Waals surface area contributed by atoms with Crippen LogP contribution < -0.4 is 4.89 Å². The Balaban J connectivity index is 4.25. The van der Waals surface area contributed by atoms with Gasteiger partial charge in [0.1, 0.15) is 19.8 Å². The fraction of sp³-hybridized carbons (Fsp3) is 0.915. The zero-order valence-electron chi connectivity index (χ0n) is 38.1. The number of nitrogens with zero attached hydrogens (tertiary/aromatic N) is 1. The predicted octanol–water partition coefficient (Wildman–Crippen LogP) is 13.1. The molecular weight excluding hydrogens is 737 g/mol. The van der Waals surface area contributed by atoms with E-state index in [4.69, 9.17) is 18.5 Å². The van der Waals surface area contributed by atoms with E-state index in [-0.39, 0.29) is 32.0 Å². The van der Waals surface area contributed by atoms with Gasteiger partial charge in [0, 0.05) is 12.8 Å². The number of carbonyl (C=O) groups excluding carboxylic acids is 2. The average Bonchev–Trinajstić information content (AvgIpc) is 3.16. The van der Waals surface area contributed by atoms with E-state index in [1.165, 1.54) is 161 Å². The van der Waals surface area contributed by atoms with Gasteiger partial charge in [-0.15, -0.1) is 0 Å². The van der Waals surface area contributed by atoms with Crippen LogP contribution in [0.2, 0.25) is 0 Å². The second-order valence-corrected chi connectivity index (χ2v) is 18.9. The van der Waals surface area contributed by atoms with Gasteiger partial charge in [-0.25, -0.2) is 0 Å². The number of hydrogen-bond donors (Lipinski definition) is 0. The van der Waals surface area contributed by atoms with Crippen molar-refractivity contribution < 1.29 is 42.1 Å². The summed E-state index contributed by atoms with van der Waals surface area (Å²) in [5, 5.41) is 0. The maximum absolute atomic E-state index is 12.7. The molecule has 0 amide bonds. The fourth-order valence-corrected chi connectivity index (χ4v) is 7.50. The molecule has 0 aromatic carbocycles. The highest BCUT2D eigenvalue weighted by Gasteiger charge is 2.21. The van der Waals surface area contributed by atoms with Crippen LogP contribution in [0.5, 0.6) is 0 Å². The molecular formula is C47H92NO8P. The van der Waals surface area contributed by atoms with Crippen LogP contribution in [0.3, 0.4) is 0 Å². The van der Waals surface area contributed by atoms with Crippen molar-refractivity contribution in [1.29, 1.82) is 0 Å². The fourth-order valence-electron chi connectivity index (χ4n) is 6.77. The van der Waals surface area contributed by atoms with Gasteiger partial charge in [0.15, 0.2) is 6.10 Å². The molecule has 0 aliphatic carbocycles. The molecule has 0 aromatic heterocycles. The van der Waals surface area contributed by atoms with Crippen molar-refractivity contribution in [3.8, 4) is 0 Å². The number of esters is 2. The van der Waals surface area contributed by atoms with E-state index in [1.54, 1.807) is 0 Å². The van der Waals surface area contributed by atoms with Crippen LogP contribution in [0.4, 0.5) is 0 Å². The summed E-state index contributed by atoms with van der Waals surface area (Å²) in [6.07, 6.45) is 42.3. The Labute approximate surface area is 352 Å². The molecule has 0 saturated carbocycles. The van der Waals surface area contributed by atoms with Crippen molar-refractivity contribution in [3.63, 3.8) is 0 Å². The van der Waals surface area contributed by atoms with E-state index in [9.17, 15) is 19.0 Å². The predicted molar refractivity (Wildman–Crippen MR) is 236 cm³/mol. The first-order chi connectivity index (χ1) is 27.5. The van der Waals surface area contributed by atoms with Gasteiger partial charge in [-0.3, -0.25) is 14.2 Å². The van der Waals surface area contributed by atoms with Gasteiger partial charge < -0.3 is 27.9 Å². The van der Waals surface area contributed by atoms with Crippen LogP contribution in [-0.2, 0) is 32.7 Å². The van der Waals surface area contributed by atoms with Crippen molar-refractivity contribution in [3.05, 3.63) is 12.2 Å². The van der Waals surface area contributed by atoms with E-state index in [1.807, 2.05) is 21.1 Å². The Hall–Kier alpha value is -1.25. The summed E-state index contributed by atoms with van der Waals surface area (Å²) < 4.78 is 34.0. The first-order valence-electron chi connectivity index (χ1n) is 23.9. The third-order valence-corrected chi connectivity index (χ3v) is 11.5. The Morgan fingerprint density at radius 1 is 0.526 bits per heavy atom. The van der Waals surface area contributed by atoms with Crippen LogP contribution in [0, 0.1) is 0 Å². The van der Waals surface area contributed by atoms with Crippen molar-refractivity contribution in [1.82, 2.24) is 0 Å². The van der Waals surface area contributed by atoms with Crippen molar-refractivity contribution in [2.75, 3.05) is 47.5 Å². The maximum Gasteiger partial charge on any atom is 0.306 e. The zero-order valence-corrected chi connectivity index (χ0v) is 38.9. The summed E-state index contributed by atoms with van der Waals surface area (Å²) >= 11 is 0. The lowest BCUT2D eigenvalue weighted by Gasteiger charge is -2.28. The molecule has 0 aromatic rings. The minimum Gasteiger partial charge on any atom is -0.756 e. The van der Waals surface area contributed by atoms with E-state index >= 15 is 0 Å². The normalized spacial score (nSPS) is 13.6. The number of rotatable bonds is 44. The minimum absolute atomic E-state index is 0.0277. The molecule has 0 N–H and O–H groups in total. The SMILES string of the molecule is CCCCCCCC/C=C/CCCCCCCCCCCC(=O)OC[C@@H](COP(=O)([O-])OCC[N+](C)(C)C)OC(=O)CCCCCCCCCCCCCCCC. The van der Waals surface area contributed by atoms with Gasteiger partial charge in [-0.2, -0.15) is 0 Å². The largest absolute Gasteiger partial charge is 0.756 e. The van der Waals surface area contributed by atoms with E-state index in [0.29, 0.717) is 17.4 Å². The van der Waals surface area contributed by atoms with Crippen molar-refractivity contribution >= 4 is 19.8 Å². The van der Waals surface area contributed by atoms with Crippen LogP contribution in [-0.4, -0.2) is 70.0 Å². The van der Waals surface area contributed by atoms with Crippen molar-refractivity contribution in [2.45, 2.75) is 232 Å². The summed E-state index contributed by atoms with van der Waals surface area (Å²) in [6, 6.07) is 0. The van der Waals surface area contributed by atoms with Crippen LogP contribution in [0.1, 0.15) is 226 Å². The first-order valence-corrected chi connectivity index (χ1v) is 25.4. The molecule has 0 spiro atoms. The molecule has 0 bridgehead atoms. The molecule has 0 radical (unpaired) electrons. The molecule has 0 fully saturated rings. The Kier molecular flexibility index (Phi) is 39.3. The lowest BCUT2D eigenvalue weighted by atomic mass is 10.0. The number of ether oxygens (including phenoxy) is 2. The quantitative estimate of drug-likeness (QED) is 0.0196. The van der Waals surface area contributed by atoms with Gasteiger partial charge in [-0.05, 0) is 38.5 Å².